The van der Waals surface area contributed by atoms with Gasteiger partial charge in [-0.15, -0.1) is 5.10 Å². The Bertz CT molecular complexity index is 1640. The fraction of sp³-hybridized carbons (Fsp3) is 0.312. The predicted molar refractivity (Wildman–Crippen MR) is 156 cm³/mol. The number of carbonyl (C=O) groups is 2. The van der Waals surface area contributed by atoms with Crippen molar-refractivity contribution in [2.75, 3.05) is 4.90 Å². The van der Waals surface area contributed by atoms with Gasteiger partial charge in [-0.3, -0.25) is 14.4 Å². The summed E-state index contributed by atoms with van der Waals surface area (Å²) < 4.78 is 7.66. The number of pyridine rings is 1. The SMILES string of the molecule is CC.CC#CC(=O)N(c1ccc2c(n1)c(OCc1cccc(C(=O)O)c1)nn2C)c1cc(C)c(C)cc1C1CC1. The summed E-state index contributed by atoms with van der Waals surface area (Å²) in [6, 6.07) is 14.4. The highest BCUT2D eigenvalue weighted by atomic mass is 16.5. The largest absolute Gasteiger partial charge is 0.478 e. The number of carboxylic acids is 1. The average Bonchev–Trinajstić information content (AvgIpc) is 3.75. The molecular formula is C32H34N4O4. The van der Waals surface area contributed by atoms with Crippen LogP contribution in [0.25, 0.3) is 11.0 Å². The van der Waals surface area contributed by atoms with E-state index in [2.05, 4.69) is 29.9 Å². The lowest BCUT2D eigenvalue weighted by Gasteiger charge is -2.24. The number of carbonyl (C=O) groups excluding carboxylic acids is 1. The van der Waals surface area contributed by atoms with E-state index in [1.807, 2.05) is 32.9 Å². The van der Waals surface area contributed by atoms with E-state index in [9.17, 15) is 14.7 Å². The fourth-order valence-corrected chi connectivity index (χ4v) is 4.50. The number of anilines is 2. The number of hydrogen-bond acceptors (Lipinski definition) is 5. The van der Waals surface area contributed by atoms with Crippen LogP contribution in [-0.2, 0) is 18.4 Å². The molecule has 0 atom stereocenters. The minimum absolute atomic E-state index is 0.117. The molecule has 1 fully saturated rings. The minimum Gasteiger partial charge on any atom is -0.478 e. The van der Waals surface area contributed by atoms with Crippen molar-refractivity contribution in [3.05, 3.63) is 76.3 Å². The van der Waals surface area contributed by atoms with Crippen molar-refractivity contribution in [1.29, 1.82) is 0 Å². The number of aromatic nitrogens is 3. The summed E-state index contributed by atoms with van der Waals surface area (Å²) in [5.74, 6) is 5.20. The summed E-state index contributed by atoms with van der Waals surface area (Å²) in [4.78, 5) is 31.1. The standard InChI is InChI=1S/C30H28N4O4.C2H6/c1-5-7-27(35)34(25-15-19(3)18(2)14-23(25)21-10-11-21)26-13-12-24-28(31-26)29(32-33(24)4)38-17-20-8-6-9-22(16-20)30(36)37;1-2/h6,8-9,12-16,21H,10-11,17H2,1-4H3,(H,36,37);1-2H3. The number of hydrogen-bond donors (Lipinski definition) is 1. The third-order valence-corrected chi connectivity index (χ3v) is 6.77. The van der Waals surface area contributed by atoms with Gasteiger partial charge >= 0.3 is 11.9 Å². The summed E-state index contributed by atoms with van der Waals surface area (Å²) in [5, 5.41) is 13.8. The smallest absolute Gasteiger partial charge is 0.335 e. The van der Waals surface area contributed by atoms with Crippen LogP contribution in [0.2, 0.25) is 0 Å². The van der Waals surface area contributed by atoms with Crippen molar-refractivity contribution >= 4 is 34.4 Å². The molecule has 0 bridgehead atoms. The number of rotatable bonds is 7. The van der Waals surface area contributed by atoms with Gasteiger partial charge < -0.3 is 9.84 Å². The van der Waals surface area contributed by atoms with Crippen molar-refractivity contribution in [3.63, 3.8) is 0 Å². The molecule has 5 rings (SSSR count). The molecule has 0 radical (unpaired) electrons. The van der Waals surface area contributed by atoms with Crippen LogP contribution in [0.4, 0.5) is 11.5 Å². The summed E-state index contributed by atoms with van der Waals surface area (Å²) >= 11 is 0. The molecule has 0 spiro atoms. The van der Waals surface area contributed by atoms with Gasteiger partial charge in [-0.25, -0.2) is 9.78 Å². The van der Waals surface area contributed by atoms with E-state index in [0.29, 0.717) is 28.7 Å². The Labute approximate surface area is 234 Å². The van der Waals surface area contributed by atoms with Gasteiger partial charge in [-0.1, -0.05) is 38.0 Å². The summed E-state index contributed by atoms with van der Waals surface area (Å²) in [7, 11) is 1.79. The van der Waals surface area contributed by atoms with E-state index < -0.39 is 5.97 Å². The number of ether oxygens (including phenoxy) is 1. The predicted octanol–water partition coefficient (Wildman–Crippen LogP) is 6.45. The van der Waals surface area contributed by atoms with Gasteiger partial charge in [0.15, 0.2) is 5.52 Å². The van der Waals surface area contributed by atoms with Gasteiger partial charge in [0.2, 0.25) is 0 Å². The highest BCUT2D eigenvalue weighted by Gasteiger charge is 2.31. The lowest BCUT2D eigenvalue weighted by molar-refractivity contribution is -0.112. The highest BCUT2D eigenvalue weighted by Crippen LogP contribution is 2.46. The Hall–Kier alpha value is -4.64. The van der Waals surface area contributed by atoms with Gasteiger partial charge in [0, 0.05) is 7.05 Å². The summed E-state index contributed by atoms with van der Waals surface area (Å²) in [5.41, 5.74) is 6.31. The first-order valence-electron chi connectivity index (χ1n) is 13.4. The zero-order valence-electron chi connectivity index (χ0n) is 23.8. The van der Waals surface area contributed by atoms with Gasteiger partial charge in [-0.2, -0.15) is 0 Å². The number of nitrogens with zero attached hydrogens (tertiary/aromatic N) is 4. The molecule has 40 heavy (non-hydrogen) atoms. The normalized spacial score (nSPS) is 12.2. The molecule has 0 unspecified atom stereocenters. The van der Waals surface area contributed by atoms with E-state index in [1.54, 1.807) is 47.8 Å². The summed E-state index contributed by atoms with van der Waals surface area (Å²) in [6.45, 7) is 9.87. The molecule has 1 amide bonds. The molecular weight excluding hydrogens is 504 g/mol. The quantitative estimate of drug-likeness (QED) is 0.272. The molecule has 4 aromatic rings. The second-order valence-corrected chi connectivity index (χ2v) is 9.55. The fourth-order valence-electron chi connectivity index (χ4n) is 4.50. The van der Waals surface area contributed by atoms with Crippen LogP contribution in [-0.4, -0.2) is 31.7 Å². The van der Waals surface area contributed by atoms with Crippen molar-refractivity contribution in [2.24, 2.45) is 7.05 Å². The zero-order valence-corrected chi connectivity index (χ0v) is 23.8. The van der Waals surface area contributed by atoms with Crippen LogP contribution in [0.15, 0.2) is 48.5 Å². The minimum atomic E-state index is -1.00. The monoisotopic (exact) mass is 538 g/mol. The molecule has 2 heterocycles. The van der Waals surface area contributed by atoms with Crippen molar-refractivity contribution < 1.29 is 19.4 Å². The topological polar surface area (TPSA) is 97.6 Å². The average molecular weight is 539 g/mol. The van der Waals surface area contributed by atoms with Crippen LogP contribution in [0.5, 0.6) is 5.88 Å². The number of benzene rings is 2. The van der Waals surface area contributed by atoms with E-state index in [0.717, 1.165) is 35.2 Å². The van der Waals surface area contributed by atoms with Crippen LogP contribution >= 0.6 is 0 Å². The van der Waals surface area contributed by atoms with Gasteiger partial charge in [-0.05, 0) is 98.0 Å². The van der Waals surface area contributed by atoms with Crippen LogP contribution in [0, 0.1) is 25.7 Å². The third kappa shape index (κ3) is 5.84. The Morgan fingerprint density at radius 1 is 1.10 bits per heavy atom. The number of carboxylic acid groups (broad SMARTS) is 1. The molecule has 1 saturated carbocycles. The molecule has 0 aliphatic heterocycles. The first-order chi connectivity index (χ1) is 19.3. The van der Waals surface area contributed by atoms with Crippen molar-refractivity contribution in [1.82, 2.24) is 14.8 Å². The maximum atomic E-state index is 13.4. The Morgan fingerprint density at radius 2 is 1.82 bits per heavy atom. The molecule has 206 valence electrons. The van der Waals surface area contributed by atoms with E-state index >= 15 is 0 Å². The first-order valence-corrected chi connectivity index (χ1v) is 13.4. The van der Waals surface area contributed by atoms with Crippen LogP contribution in [0.1, 0.15) is 72.1 Å². The first kappa shape index (κ1) is 28.4. The Kier molecular flexibility index (Phi) is 8.54. The lowest BCUT2D eigenvalue weighted by Crippen LogP contribution is -2.26. The second kappa shape index (κ2) is 12.0. The molecule has 0 saturated heterocycles. The maximum absolute atomic E-state index is 13.4. The van der Waals surface area contributed by atoms with E-state index in [4.69, 9.17) is 9.72 Å². The van der Waals surface area contributed by atoms with E-state index in [1.165, 1.54) is 11.6 Å². The number of fused-ring (bicyclic) bond motifs is 1. The summed E-state index contributed by atoms with van der Waals surface area (Å²) in [6.07, 6.45) is 2.18. The zero-order chi connectivity index (χ0) is 29.0. The van der Waals surface area contributed by atoms with Gasteiger partial charge in [0.1, 0.15) is 12.4 Å². The van der Waals surface area contributed by atoms with Gasteiger partial charge in [0.05, 0.1) is 16.8 Å². The van der Waals surface area contributed by atoms with Gasteiger partial charge in [0.25, 0.3) is 5.88 Å². The van der Waals surface area contributed by atoms with Crippen LogP contribution < -0.4 is 9.64 Å². The molecule has 2 aromatic carbocycles. The molecule has 1 N–H and O–H groups in total. The van der Waals surface area contributed by atoms with Crippen LogP contribution in [0.3, 0.4) is 0 Å². The van der Waals surface area contributed by atoms with Crippen molar-refractivity contribution in [2.45, 2.75) is 60.0 Å². The molecule has 1 aliphatic rings. The number of amides is 1. The lowest BCUT2D eigenvalue weighted by atomic mass is 9.99. The molecule has 2 aromatic heterocycles. The highest BCUT2D eigenvalue weighted by molar-refractivity contribution is 6.11. The second-order valence-electron chi connectivity index (χ2n) is 9.55. The molecule has 1 aliphatic carbocycles. The Balaban J connectivity index is 0.00000181. The third-order valence-electron chi connectivity index (χ3n) is 6.77. The number of aryl methyl sites for hydroxylation is 3. The van der Waals surface area contributed by atoms with Crippen molar-refractivity contribution in [3.8, 4) is 17.7 Å². The Morgan fingerprint density at radius 3 is 2.50 bits per heavy atom. The molecule has 8 nitrogen and oxygen atoms in total. The van der Waals surface area contributed by atoms with E-state index in [-0.39, 0.29) is 18.1 Å². The molecule has 8 heteroatoms. The maximum Gasteiger partial charge on any atom is 0.335 e. The number of aromatic carboxylic acids is 1.